The monoisotopic (exact) mass is 197 g/mol. The third-order valence-electron chi connectivity index (χ3n) is 4.15. The highest BCUT2D eigenvalue weighted by atomic mass is 16.6. The summed E-state index contributed by atoms with van der Waals surface area (Å²) in [7, 11) is 0. The fourth-order valence-electron chi connectivity index (χ4n) is 3.29. The van der Waals surface area contributed by atoms with E-state index in [2.05, 4.69) is 19.2 Å². The highest BCUT2D eigenvalue weighted by Gasteiger charge is 2.60. The van der Waals surface area contributed by atoms with E-state index in [-0.39, 0.29) is 6.04 Å². The van der Waals surface area contributed by atoms with Crippen LogP contribution in [0.25, 0.3) is 0 Å². The van der Waals surface area contributed by atoms with Crippen molar-refractivity contribution in [3.63, 3.8) is 0 Å². The van der Waals surface area contributed by atoms with E-state index < -0.39 is 5.79 Å². The highest BCUT2D eigenvalue weighted by Crippen LogP contribution is 2.52. The van der Waals surface area contributed by atoms with Crippen molar-refractivity contribution in [1.29, 1.82) is 0 Å². The largest absolute Gasteiger partial charge is 0.364 e. The molecule has 3 heteroatoms. The minimum Gasteiger partial charge on any atom is -0.364 e. The first-order valence-electron chi connectivity index (χ1n) is 5.74. The summed E-state index contributed by atoms with van der Waals surface area (Å²) in [6.45, 7) is 5.41. The van der Waals surface area contributed by atoms with Gasteiger partial charge in [-0.15, -0.1) is 0 Å². The van der Waals surface area contributed by atoms with E-state index >= 15 is 0 Å². The molecule has 2 saturated heterocycles. The van der Waals surface area contributed by atoms with Gasteiger partial charge in [0.1, 0.15) is 0 Å². The number of hydrogen-bond donors (Lipinski definition) is 2. The molecule has 0 aromatic carbocycles. The van der Waals surface area contributed by atoms with Gasteiger partial charge in [0.05, 0.1) is 12.1 Å². The molecule has 2 heterocycles. The molecule has 0 spiro atoms. The number of nitrogens with one attached hydrogen (secondary N) is 1. The molecule has 3 aliphatic rings. The summed E-state index contributed by atoms with van der Waals surface area (Å²) < 4.78 is 5.79. The molecular formula is C11H19NO2. The second-order valence-electron chi connectivity index (χ2n) is 5.46. The molecule has 0 bridgehead atoms. The Balaban J connectivity index is 1.85. The third kappa shape index (κ3) is 1.16. The number of aliphatic hydroxyl groups is 1. The molecule has 3 rings (SSSR count). The van der Waals surface area contributed by atoms with Crippen LogP contribution in [0.3, 0.4) is 0 Å². The van der Waals surface area contributed by atoms with Gasteiger partial charge in [-0.3, -0.25) is 0 Å². The normalized spacial score (nSPS) is 61.5. The fraction of sp³-hybridized carbons (Fsp3) is 1.00. The van der Waals surface area contributed by atoms with E-state index in [0.717, 1.165) is 19.4 Å². The lowest BCUT2D eigenvalue weighted by molar-refractivity contribution is -0.274. The summed E-state index contributed by atoms with van der Waals surface area (Å²) in [4.78, 5) is 0. The molecule has 0 radical (unpaired) electrons. The Labute approximate surface area is 84.8 Å². The molecule has 3 fully saturated rings. The molecule has 0 aromatic rings. The van der Waals surface area contributed by atoms with Gasteiger partial charge in [0.15, 0.2) is 5.79 Å². The van der Waals surface area contributed by atoms with Crippen molar-refractivity contribution in [2.45, 2.75) is 44.6 Å². The Bertz CT molecular complexity index is 254. The van der Waals surface area contributed by atoms with E-state index in [1.807, 2.05) is 0 Å². The summed E-state index contributed by atoms with van der Waals surface area (Å²) in [5.74, 6) is 0.889. The quantitative estimate of drug-likeness (QED) is 0.601. The first-order chi connectivity index (χ1) is 6.60. The lowest BCUT2D eigenvalue weighted by Crippen LogP contribution is -2.64. The molecule has 1 aliphatic carbocycles. The van der Waals surface area contributed by atoms with Gasteiger partial charge >= 0.3 is 0 Å². The van der Waals surface area contributed by atoms with Crippen molar-refractivity contribution in [3.05, 3.63) is 0 Å². The van der Waals surface area contributed by atoms with Crippen molar-refractivity contribution in [3.8, 4) is 0 Å². The van der Waals surface area contributed by atoms with Gasteiger partial charge in [-0.25, -0.2) is 0 Å². The minimum atomic E-state index is -0.880. The molecule has 6 atom stereocenters. The number of fused-ring (bicyclic) bond motifs is 2. The van der Waals surface area contributed by atoms with Crippen LogP contribution in [0.2, 0.25) is 0 Å². The molecule has 1 saturated carbocycles. The van der Waals surface area contributed by atoms with Crippen molar-refractivity contribution in [2.75, 3.05) is 6.54 Å². The standard InChI is InChI=1S/C11H19NO2/c1-6-4-11(13)10(12-5-6)7(2)8-3-9(8)14-11/h6-10,12-13H,3-5H2,1-2H3. The topological polar surface area (TPSA) is 41.5 Å². The third-order valence-corrected chi connectivity index (χ3v) is 4.15. The molecule has 2 aliphatic heterocycles. The molecular weight excluding hydrogens is 178 g/mol. The van der Waals surface area contributed by atoms with Crippen LogP contribution in [0.5, 0.6) is 0 Å². The molecule has 3 nitrogen and oxygen atoms in total. The zero-order valence-corrected chi connectivity index (χ0v) is 8.86. The first kappa shape index (κ1) is 9.13. The lowest BCUT2D eigenvalue weighted by Gasteiger charge is -2.48. The van der Waals surface area contributed by atoms with Crippen LogP contribution < -0.4 is 5.32 Å². The van der Waals surface area contributed by atoms with E-state index in [9.17, 15) is 5.11 Å². The molecule has 80 valence electrons. The average molecular weight is 197 g/mol. The number of rotatable bonds is 0. The van der Waals surface area contributed by atoms with Crippen LogP contribution in [-0.4, -0.2) is 29.6 Å². The second kappa shape index (κ2) is 2.71. The number of hydrogen-bond acceptors (Lipinski definition) is 3. The van der Waals surface area contributed by atoms with Crippen molar-refractivity contribution in [1.82, 2.24) is 5.32 Å². The zero-order valence-electron chi connectivity index (χ0n) is 8.86. The molecule has 0 amide bonds. The highest BCUT2D eigenvalue weighted by molar-refractivity contribution is 5.07. The van der Waals surface area contributed by atoms with Crippen LogP contribution in [-0.2, 0) is 4.74 Å². The van der Waals surface area contributed by atoms with Crippen molar-refractivity contribution in [2.24, 2.45) is 17.8 Å². The summed E-state index contributed by atoms with van der Waals surface area (Å²) >= 11 is 0. The SMILES string of the molecule is CC1CNC2C(C)C3CC3OC2(O)C1. The minimum absolute atomic E-state index is 0.155. The average Bonchev–Trinajstić information content (AvgIpc) is 2.81. The van der Waals surface area contributed by atoms with Crippen LogP contribution in [0, 0.1) is 17.8 Å². The van der Waals surface area contributed by atoms with Gasteiger partial charge in [-0.1, -0.05) is 13.8 Å². The fourth-order valence-corrected chi connectivity index (χ4v) is 3.29. The molecule has 14 heavy (non-hydrogen) atoms. The van der Waals surface area contributed by atoms with Crippen LogP contribution in [0.1, 0.15) is 26.7 Å². The Kier molecular flexibility index (Phi) is 1.77. The second-order valence-corrected chi connectivity index (χ2v) is 5.46. The Morgan fingerprint density at radius 3 is 3.00 bits per heavy atom. The first-order valence-corrected chi connectivity index (χ1v) is 5.74. The lowest BCUT2D eigenvalue weighted by atomic mass is 9.80. The van der Waals surface area contributed by atoms with Gasteiger partial charge in [-0.2, -0.15) is 0 Å². The van der Waals surface area contributed by atoms with E-state index in [0.29, 0.717) is 23.9 Å². The molecule has 2 N–H and O–H groups in total. The van der Waals surface area contributed by atoms with Gasteiger partial charge in [0.2, 0.25) is 0 Å². The van der Waals surface area contributed by atoms with Crippen molar-refractivity contribution < 1.29 is 9.84 Å². The zero-order chi connectivity index (χ0) is 9.92. The number of piperidine rings is 1. The Morgan fingerprint density at radius 1 is 1.43 bits per heavy atom. The van der Waals surface area contributed by atoms with Gasteiger partial charge in [-0.05, 0) is 30.7 Å². The summed E-state index contributed by atoms with van der Waals surface area (Å²) in [6, 6.07) is 0.155. The summed E-state index contributed by atoms with van der Waals surface area (Å²) in [5, 5.41) is 13.9. The van der Waals surface area contributed by atoms with Gasteiger partial charge in [0.25, 0.3) is 0 Å². The summed E-state index contributed by atoms with van der Waals surface area (Å²) in [6.07, 6.45) is 2.28. The van der Waals surface area contributed by atoms with E-state index in [1.54, 1.807) is 0 Å². The predicted molar refractivity (Wildman–Crippen MR) is 52.7 cm³/mol. The maximum atomic E-state index is 10.4. The maximum Gasteiger partial charge on any atom is 0.181 e. The smallest absolute Gasteiger partial charge is 0.181 e. The van der Waals surface area contributed by atoms with E-state index in [1.165, 1.54) is 0 Å². The van der Waals surface area contributed by atoms with Crippen LogP contribution in [0.15, 0.2) is 0 Å². The maximum absolute atomic E-state index is 10.4. The van der Waals surface area contributed by atoms with Gasteiger partial charge < -0.3 is 15.2 Å². The summed E-state index contributed by atoms with van der Waals surface area (Å²) in [5.41, 5.74) is 0. The molecule has 6 unspecified atom stereocenters. The van der Waals surface area contributed by atoms with E-state index in [4.69, 9.17) is 4.74 Å². The van der Waals surface area contributed by atoms with Gasteiger partial charge in [0, 0.05) is 6.42 Å². The Hall–Kier alpha value is -0.120. The van der Waals surface area contributed by atoms with Crippen molar-refractivity contribution >= 4 is 0 Å². The van der Waals surface area contributed by atoms with Crippen LogP contribution >= 0.6 is 0 Å². The Morgan fingerprint density at radius 2 is 2.21 bits per heavy atom. The van der Waals surface area contributed by atoms with Crippen LogP contribution in [0.4, 0.5) is 0 Å². The number of ether oxygens (including phenoxy) is 1. The molecule has 0 aromatic heterocycles. The predicted octanol–water partition coefficient (Wildman–Crippen LogP) is 0.728.